The number of nitrogens with zero attached hydrogens (tertiary/aromatic N) is 2. The van der Waals surface area contributed by atoms with Gasteiger partial charge in [-0.1, -0.05) is 0 Å². The number of nitriles is 1. The highest BCUT2D eigenvalue weighted by atomic mass is 19.4. The Balaban J connectivity index is 3.15. The molecule has 0 aromatic carbocycles. The SMILES string of the molecule is N#CCn1ccc(C(F)(F)F)cc1=O. The van der Waals surface area contributed by atoms with E-state index in [2.05, 4.69) is 0 Å². The van der Waals surface area contributed by atoms with Gasteiger partial charge in [-0.05, 0) is 6.07 Å². The summed E-state index contributed by atoms with van der Waals surface area (Å²) in [6.45, 7) is -0.253. The second-order valence-corrected chi connectivity index (χ2v) is 2.54. The number of alkyl halides is 3. The van der Waals surface area contributed by atoms with Crippen LogP contribution < -0.4 is 5.56 Å². The maximum atomic E-state index is 12.1. The van der Waals surface area contributed by atoms with E-state index in [-0.39, 0.29) is 6.54 Å². The minimum Gasteiger partial charge on any atom is -0.302 e. The van der Waals surface area contributed by atoms with Gasteiger partial charge in [-0.15, -0.1) is 0 Å². The molecule has 1 aromatic rings. The van der Waals surface area contributed by atoms with Crippen LogP contribution in [0.3, 0.4) is 0 Å². The van der Waals surface area contributed by atoms with Crippen molar-refractivity contribution >= 4 is 0 Å². The van der Waals surface area contributed by atoms with E-state index in [1.807, 2.05) is 0 Å². The summed E-state index contributed by atoms with van der Waals surface area (Å²) >= 11 is 0. The molecule has 0 aliphatic carbocycles. The zero-order valence-corrected chi connectivity index (χ0v) is 6.88. The molecule has 74 valence electrons. The molecule has 6 heteroatoms. The van der Waals surface area contributed by atoms with Gasteiger partial charge in [0.1, 0.15) is 6.54 Å². The van der Waals surface area contributed by atoms with Crippen molar-refractivity contribution in [3.8, 4) is 6.07 Å². The van der Waals surface area contributed by atoms with E-state index < -0.39 is 17.3 Å². The number of halogens is 3. The largest absolute Gasteiger partial charge is 0.416 e. The van der Waals surface area contributed by atoms with E-state index in [0.717, 1.165) is 16.8 Å². The van der Waals surface area contributed by atoms with Gasteiger partial charge in [-0.3, -0.25) is 4.79 Å². The number of rotatable bonds is 1. The van der Waals surface area contributed by atoms with Gasteiger partial charge in [0, 0.05) is 12.3 Å². The average Bonchev–Trinajstić information content (AvgIpc) is 2.07. The Labute approximate surface area is 77.0 Å². The van der Waals surface area contributed by atoms with Crippen molar-refractivity contribution < 1.29 is 13.2 Å². The van der Waals surface area contributed by atoms with E-state index in [4.69, 9.17) is 5.26 Å². The summed E-state index contributed by atoms with van der Waals surface area (Å²) in [5.74, 6) is 0. The lowest BCUT2D eigenvalue weighted by Crippen LogP contribution is -2.20. The molecule has 0 aliphatic heterocycles. The molecule has 0 fully saturated rings. The van der Waals surface area contributed by atoms with Gasteiger partial charge in [-0.2, -0.15) is 18.4 Å². The molecule has 0 saturated heterocycles. The molecule has 0 spiro atoms. The molecule has 1 heterocycles. The van der Waals surface area contributed by atoms with Gasteiger partial charge >= 0.3 is 6.18 Å². The molecule has 1 aromatic heterocycles. The van der Waals surface area contributed by atoms with E-state index in [9.17, 15) is 18.0 Å². The van der Waals surface area contributed by atoms with Gasteiger partial charge in [0.2, 0.25) is 0 Å². The first-order chi connectivity index (χ1) is 6.45. The second-order valence-electron chi connectivity index (χ2n) is 2.54. The third-order valence-electron chi connectivity index (χ3n) is 1.56. The number of hydrogen-bond donors (Lipinski definition) is 0. The van der Waals surface area contributed by atoms with Crippen LogP contribution in [0.15, 0.2) is 23.1 Å². The van der Waals surface area contributed by atoms with Crippen LogP contribution >= 0.6 is 0 Å². The predicted octanol–water partition coefficient (Wildman–Crippen LogP) is 1.39. The topological polar surface area (TPSA) is 45.8 Å². The summed E-state index contributed by atoms with van der Waals surface area (Å²) in [6.07, 6.45) is -3.57. The Kier molecular flexibility index (Phi) is 2.60. The standard InChI is InChI=1S/C8H5F3N2O/c9-8(10,11)6-1-3-13(4-2-12)7(14)5-6/h1,3,5H,4H2. The number of hydrogen-bond acceptors (Lipinski definition) is 2. The Bertz CT molecular complexity index is 427. The predicted molar refractivity (Wildman–Crippen MR) is 41.3 cm³/mol. The first-order valence-electron chi connectivity index (χ1n) is 3.60. The van der Waals surface area contributed by atoms with Gasteiger partial charge in [-0.25, -0.2) is 0 Å². The van der Waals surface area contributed by atoms with Crippen molar-refractivity contribution in [2.45, 2.75) is 12.7 Å². The van der Waals surface area contributed by atoms with Crippen molar-refractivity contribution in [3.05, 3.63) is 34.2 Å². The highest BCUT2D eigenvalue weighted by Crippen LogP contribution is 2.27. The van der Waals surface area contributed by atoms with E-state index in [1.165, 1.54) is 0 Å². The van der Waals surface area contributed by atoms with Crippen LogP contribution in [-0.4, -0.2) is 4.57 Å². The van der Waals surface area contributed by atoms with Crippen LogP contribution in [0.4, 0.5) is 13.2 Å². The Hall–Kier alpha value is -1.77. The molecular formula is C8H5F3N2O. The quantitative estimate of drug-likeness (QED) is 0.690. The van der Waals surface area contributed by atoms with E-state index in [0.29, 0.717) is 6.07 Å². The van der Waals surface area contributed by atoms with Crippen molar-refractivity contribution in [2.75, 3.05) is 0 Å². The number of aromatic nitrogens is 1. The third-order valence-corrected chi connectivity index (χ3v) is 1.56. The fourth-order valence-corrected chi connectivity index (χ4v) is 0.891. The zero-order chi connectivity index (χ0) is 10.8. The van der Waals surface area contributed by atoms with E-state index in [1.54, 1.807) is 6.07 Å². The molecule has 0 radical (unpaired) electrons. The first kappa shape index (κ1) is 10.3. The van der Waals surface area contributed by atoms with E-state index >= 15 is 0 Å². The van der Waals surface area contributed by atoms with Crippen LogP contribution in [0.5, 0.6) is 0 Å². The van der Waals surface area contributed by atoms with Crippen molar-refractivity contribution in [3.63, 3.8) is 0 Å². The van der Waals surface area contributed by atoms with Crippen LogP contribution in [0.2, 0.25) is 0 Å². The molecule has 0 amide bonds. The molecule has 0 N–H and O–H groups in total. The van der Waals surface area contributed by atoms with Gasteiger partial charge < -0.3 is 4.57 Å². The maximum Gasteiger partial charge on any atom is 0.416 e. The fraction of sp³-hybridized carbons (Fsp3) is 0.250. The smallest absolute Gasteiger partial charge is 0.302 e. The number of pyridine rings is 1. The summed E-state index contributed by atoms with van der Waals surface area (Å²) in [4.78, 5) is 11.0. The lowest BCUT2D eigenvalue weighted by Gasteiger charge is -2.06. The summed E-state index contributed by atoms with van der Waals surface area (Å²) in [7, 11) is 0. The lowest BCUT2D eigenvalue weighted by molar-refractivity contribution is -0.137. The molecule has 0 bridgehead atoms. The Morgan fingerprint density at radius 1 is 1.50 bits per heavy atom. The second kappa shape index (κ2) is 3.54. The summed E-state index contributed by atoms with van der Waals surface area (Å²) in [5, 5.41) is 8.24. The zero-order valence-electron chi connectivity index (χ0n) is 6.88. The van der Waals surface area contributed by atoms with Gasteiger partial charge in [0.05, 0.1) is 11.6 Å². The monoisotopic (exact) mass is 202 g/mol. The molecular weight excluding hydrogens is 197 g/mol. The van der Waals surface area contributed by atoms with Crippen LogP contribution in [0.25, 0.3) is 0 Å². The molecule has 0 saturated carbocycles. The van der Waals surface area contributed by atoms with Crippen molar-refractivity contribution in [1.29, 1.82) is 5.26 Å². The molecule has 0 unspecified atom stereocenters. The maximum absolute atomic E-state index is 12.1. The average molecular weight is 202 g/mol. The summed E-state index contributed by atoms with van der Waals surface area (Å²) in [5.41, 5.74) is -1.84. The van der Waals surface area contributed by atoms with Gasteiger partial charge in [0.25, 0.3) is 5.56 Å². The highest BCUT2D eigenvalue weighted by Gasteiger charge is 2.30. The first-order valence-corrected chi connectivity index (χ1v) is 3.60. The molecule has 14 heavy (non-hydrogen) atoms. The van der Waals surface area contributed by atoms with Crippen molar-refractivity contribution in [1.82, 2.24) is 4.57 Å². The minimum atomic E-state index is -4.52. The summed E-state index contributed by atoms with van der Waals surface area (Å²) < 4.78 is 37.1. The van der Waals surface area contributed by atoms with Crippen LogP contribution in [0.1, 0.15) is 5.56 Å². The van der Waals surface area contributed by atoms with Crippen LogP contribution in [-0.2, 0) is 12.7 Å². The Morgan fingerprint density at radius 3 is 2.57 bits per heavy atom. The summed E-state index contributed by atoms with van der Waals surface area (Å²) in [6, 6.07) is 2.90. The normalized spacial score (nSPS) is 11.0. The van der Waals surface area contributed by atoms with Gasteiger partial charge in [0.15, 0.2) is 0 Å². The molecule has 3 nitrogen and oxygen atoms in total. The molecule has 0 aliphatic rings. The fourth-order valence-electron chi connectivity index (χ4n) is 0.891. The Morgan fingerprint density at radius 2 is 2.14 bits per heavy atom. The van der Waals surface area contributed by atoms with Crippen molar-refractivity contribution in [2.24, 2.45) is 0 Å². The third kappa shape index (κ3) is 2.13. The lowest BCUT2D eigenvalue weighted by atomic mass is 10.2. The minimum absolute atomic E-state index is 0.253. The molecule has 0 atom stereocenters. The molecule has 1 rings (SSSR count). The highest BCUT2D eigenvalue weighted by molar-refractivity contribution is 5.14. The van der Waals surface area contributed by atoms with Crippen LogP contribution in [0, 0.1) is 11.3 Å².